The quantitative estimate of drug-likeness (QED) is 0.556. The lowest BCUT2D eigenvalue weighted by molar-refractivity contribution is 1.49. The number of rotatable bonds is 3. The molecule has 0 fully saturated rings. The zero-order valence-corrected chi connectivity index (χ0v) is 13.8. The molecule has 0 saturated heterocycles. The van der Waals surface area contributed by atoms with Crippen LogP contribution in [0.15, 0.2) is 46.9 Å². The van der Waals surface area contributed by atoms with Crippen molar-refractivity contribution in [2.24, 2.45) is 5.73 Å². The highest BCUT2D eigenvalue weighted by Crippen LogP contribution is 2.27. The van der Waals surface area contributed by atoms with Crippen LogP contribution in [0.4, 0.5) is 11.4 Å². The molecular weight excluding hydrogens is 423 g/mol. The molecule has 0 bridgehead atoms. The average Bonchev–Trinajstić information content (AvgIpc) is 2.32. The molecule has 0 aliphatic rings. The molecular formula is C13H10BrIN2S. The van der Waals surface area contributed by atoms with E-state index < -0.39 is 0 Å². The number of hydrogen-bond donors (Lipinski definition) is 2. The van der Waals surface area contributed by atoms with Gasteiger partial charge >= 0.3 is 0 Å². The first-order valence-electron chi connectivity index (χ1n) is 5.19. The fourth-order valence-corrected chi connectivity index (χ4v) is 2.86. The molecule has 0 heterocycles. The van der Waals surface area contributed by atoms with Crippen molar-refractivity contribution in [3.63, 3.8) is 0 Å². The van der Waals surface area contributed by atoms with E-state index in [9.17, 15) is 0 Å². The van der Waals surface area contributed by atoms with E-state index in [0.717, 1.165) is 21.4 Å². The number of thiocarbonyl (C=S) groups is 1. The van der Waals surface area contributed by atoms with E-state index in [1.165, 1.54) is 3.57 Å². The molecule has 0 aliphatic heterocycles. The maximum Gasteiger partial charge on any atom is 0.107 e. The van der Waals surface area contributed by atoms with Crippen LogP contribution in [0.3, 0.4) is 0 Å². The third kappa shape index (κ3) is 3.21. The van der Waals surface area contributed by atoms with Crippen LogP contribution >= 0.6 is 50.7 Å². The van der Waals surface area contributed by atoms with Crippen molar-refractivity contribution < 1.29 is 0 Å². The van der Waals surface area contributed by atoms with E-state index in [-0.39, 0.29) is 0 Å². The van der Waals surface area contributed by atoms with Crippen molar-refractivity contribution >= 4 is 67.1 Å². The molecule has 18 heavy (non-hydrogen) atoms. The Morgan fingerprint density at radius 3 is 2.44 bits per heavy atom. The second-order valence-corrected chi connectivity index (χ2v) is 6.20. The molecule has 0 radical (unpaired) electrons. The zero-order chi connectivity index (χ0) is 13.1. The maximum absolute atomic E-state index is 5.75. The number of halogens is 2. The smallest absolute Gasteiger partial charge is 0.107 e. The molecule has 0 aromatic heterocycles. The van der Waals surface area contributed by atoms with Crippen LogP contribution in [0.2, 0.25) is 0 Å². The van der Waals surface area contributed by atoms with Crippen molar-refractivity contribution in [1.82, 2.24) is 0 Å². The summed E-state index contributed by atoms with van der Waals surface area (Å²) >= 11 is 10.8. The van der Waals surface area contributed by atoms with Crippen LogP contribution < -0.4 is 11.1 Å². The summed E-state index contributed by atoms with van der Waals surface area (Å²) in [6.07, 6.45) is 0. The second-order valence-electron chi connectivity index (χ2n) is 3.66. The molecule has 0 aliphatic carbocycles. The molecule has 2 aromatic rings. The molecule has 3 N–H and O–H groups in total. The van der Waals surface area contributed by atoms with Gasteiger partial charge in [0.2, 0.25) is 0 Å². The van der Waals surface area contributed by atoms with Crippen molar-refractivity contribution in [3.8, 4) is 0 Å². The van der Waals surface area contributed by atoms with Crippen molar-refractivity contribution in [2.45, 2.75) is 0 Å². The first-order chi connectivity index (χ1) is 8.58. The van der Waals surface area contributed by atoms with E-state index in [0.29, 0.717) is 4.99 Å². The highest BCUT2D eigenvalue weighted by Gasteiger charge is 2.09. The van der Waals surface area contributed by atoms with Gasteiger partial charge in [0.05, 0.1) is 0 Å². The number of benzene rings is 2. The Kier molecular flexibility index (Phi) is 4.58. The molecule has 0 atom stereocenters. The number of anilines is 2. The van der Waals surface area contributed by atoms with E-state index in [4.69, 9.17) is 18.0 Å². The number of nitrogens with one attached hydrogen (secondary N) is 1. The van der Waals surface area contributed by atoms with Crippen molar-refractivity contribution in [2.75, 3.05) is 5.32 Å². The van der Waals surface area contributed by atoms with Gasteiger partial charge in [0, 0.05) is 25.0 Å². The molecule has 2 aromatic carbocycles. The van der Waals surface area contributed by atoms with Crippen LogP contribution in [0.25, 0.3) is 0 Å². The standard InChI is InChI=1S/C13H10BrIN2S/c14-10-2-1-3-11(12(10)13(16)18)17-9-6-4-8(15)5-7-9/h1-7,17H,(H2,16,18). The third-order valence-corrected chi connectivity index (χ3v) is 3.97. The van der Waals surface area contributed by atoms with Gasteiger partial charge in [0.1, 0.15) is 4.99 Å². The Morgan fingerprint density at radius 1 is 1.17 bits per heavy atom. The predicted molar refractivity (Wildman–Crippen MR) is 92.5 cm³/mol. The van der Waals surface area contributed by atoms with Crippen LogP contribution in [0.5, 0.6) is 0 Å². The summed E-state index contributed by atoms with van der Waals surface area (Å²) in [5.74, 6) is 0. The SMILES string of the molecule is NC(=S)c1c(Br)cccc1Nc1ccc(I)cc1. The fourth-order valence-electron chi connectivity index (χ4n) is 1.57. The van der Waals surface area contributed by atoms with Gasteiger partial charge in [-0.1, -0.05) is 18.3 Å². The van der Waals surface area contributed by atoms with Crippen molar-refractivity contribution in [3.05, 3.63) is 56.1 Å². The Morgan fingerprint density at radius 2 is 1.83 bits per heavy atom. The second kappa shape index (κ2) is 5.99. The van der Waals surface area contributed by atoms with E-state index >= 15 is 0 Å². The summed E-state index contributed by atoms with van der Waals surface area (Å²) in [7, 11) is 0. The van der Waals surface area contributed by atoms with Crippen LogP contribution in [0.1, 0.15) is 5.56 Å². The fraction of sp³-hybridized carbons (Fsp3) is 0. The molecule has 2 nitrogen and oxygen atoms in total. The summed E-state index contributed by atoms with van der Waals surface area (Å²) in [6.45, 7) is 0. The van der Waals surface area contributed by atoms with Gasteiger partial charge in [-0.05, 0) is 74.9 Å². The summed E-state index contributed by atoms with van der Waals surface area (Å²) in [6, 6.07) is 14.0. The van der Waals surface area contributed by atoms with Gasteiger partial charge in [-0.15, -0.1) is 0 Å². The zero-order valence-electron chi connectivity index (χ0n) is 9.28. The van der Waals surface area contributed by atoms with Gasteiger partial charge in [-0.3, -0.25) is 0 Å². The Labute approximate surface area is 133 Å². The predicted octanol–water partition coefficient (Wildman–Crippen LogP) is 4.43. The lowest BCUT2D eigenvalue weighted by Crippen LogP contribution is -2.12. The third-order valence-electron chi connectivity index (χ3n) is 2.38. The van der Waals surface area contributed by atoms with Gasteiger partial charge < -0.3 is 11.1 Å². The lowest BCUT2D eigenvalue weighted by Gasteiger charge is -2.12. The highest BCUT2D eigenvalue weighted by molar-refractivity contribution is 14.1. The van der Waals surface area contributed by atoms with Gasteiger partial charge in [-0.25, -0.2) is 0 Å². The number of nitrogens with two attached hydrogens (primary N) is 1. The minimum atomic E-state index is 0.371. The van der Waals surface area contributed by atoms with E-state index in [1.54, 1.807) is 0 Å². The van der Waals surface area contributed by atoms with Gasteiger partial charge in [0.15, 0.2) is 0 Å². The average molecular weight is 433 g/mol. The van der Waals surface area contributed by atoms with Crippen LogP contribution in [-0.4, -0.2) is 4.99 Å². The Hall–Kier alpha value is -0.660. The molecule has 2 rings (SSSR count). The summed E-state index contributed by atoms with van der Waals surface area (Å²) in [4.78, 5) is 0.371. The first kappa shape index (κ1) is 13.8. The highest BCUT2D eigenvalue weighted by atomic mass is 127. The van der Waals surface area contributed by atoms with E-state index in [2.05, 4.69) is 43.8 Å². The first-order valence-corrected chi connectivity index (χ1v) is 7.47. The monoisotopic (exact) mass is 432 g/mol. The van der Waals surface area contributed by atoms with E-state index in [1.807, 2.05) is 42.5 Å². The van der Waals surface area contributed by atoms with Crippen LogP contribution in [-0.2, 0) is 0 Å². The molecule has 0 saturated carbocycles. The minimum absolute atomic E-state index is 0.371. The summed E-state index contributed by atoms with van der Waals surface area (Å²) in [5.41, 5.74) is 8.49. The molecule has 0 spiro atoms. The van der Waals surface area contributed by atoms with Crippen LogP contribution in [0, 0.1) is 3.57 Å². The molecule has 5 heteroatoms. The normalized spacial score (nSPS) is 10.1. The molecule has 0 unspecified atom stereocenters. The van der Waals surface area contributed by atoms with Gasteiger partial charge in [-0.2, -0.15) is 0 Å². The van der Waals surface area contributed by atoms with Gasteiger partial charge in [0.25, 0.3) is 0 Å². The Bertz CT molecular complexity index is 584. The largest absolute Gasteiger partial charge is 0.389 e. The summed E-state index contributed by atoms with van der Waals surface area (Å²) < 4.78 is 2.09. The molecule has 92 valence electrons. The van der Waals surface area contributed by atoms with Crippen molar-refractivity contribution in [1.29, 1.82) is 0 Å². The summed E-state index contributed by atoms with van der Waals surface area (Å²) in [5, 5.41) is 3.32. The minimum Gasteiger partial charge on any atom is -0.389 e. The lowest BCUT2D eigenvalue weighted by atomic mass is 10.1. The molecule has 0 amide bonds. The topological polar surface area (TPSA) is 38.0 Å². The maximum atomic E-state index is 5.75. The Balaban J connectivity index is 2.37. The number of hydrogen-bond acceptors (Lipinski definition) is 2.